The van der Waals surface area contributed by atoms with Gasteiger partial charge in [0.25, 0.3) is 17.7 Å². The summed E-state index contributed by atoms with van der Waals surface area (Å²) in [5.74, 6) is 1.44. The van der Waals surface area contributed by atoms with Crippen LogP contribution in [0.15, 0.2) is 185 Å². The molecule has 13 rings (SSSR count). The number of nitrogens with zero attached hydrogens (tertiary/aromatic N) is 9. The first kappa shape index (κ1) is 64.7. The summed E-state index contributed by atoms with van der Waals surface area (Å²) in [6.45, 7) is 13.9. The number of carbonyl (C=O) groups excluding carboxylic acids is 3. The maximum absolute atomic E-state index is 13.1. The molecule has 0 saturated carbocycles. The fourth-order valence-corrected chi connectivity index (χ4v) is 11.6. The van der Waals surface area contributed by atoms with E-state index in [1.165, 1.54) is 24.3 Å². The van der Waals surface area contributed by atoms with Gasteiger partial charge >= 0.3 is 0 Å². The highest BCUT2D eigenvalue weighted by molar-refractivity contribution is 6.07. The molecule has 478 valence electrons. The zero-order chi connectivity index (χ0) is 67.7. The van der Waals surface area contributed by atoms with Crippen LogP contribution in [0, 0.1) is 46.7 Å². The van der Waals surface area contributed by atoms with E-state index in [0.717, 1.165) is 72.2 Å². The van der Waals surface area contributed by atoms with Crippen LogP contribution in [-0.4, -0.2) is 67.2 Å². The molecule has 96 heavy (non-hydrogen) atoms. The number of ether oxygens (including phenoxy) is 3. The summed E-state index contributed by atoms with van der Waals surface area (Å²) in [4.78, 5) is 37.3. The van der Waals surface area contributed by atoms with Crippen molar-refractivity contribution in [3.05, 3.63) is 221 Å². The molecule has 0 aliphatic rings. The lowest BCUT2D eigenvalue weighted by atomic mass is 10.1. The Hall–Kier alpha value is -12.8. The highest BCUT2D eigenvalue weighted by Crippen LogP contribution is 2.39. The van der Waals surface area contributed by atoms with Gasteiger partial charge in [0.2, 0.25) is 0 Å². The van der Waals surface area contributed by atoms with Gasteiger partial charge in [-0.25, -0.2) is 9.02 Å². The first-order valence-corrected chi connectivity index (χ1v) is 30.7. The summed E-state index contributed by atoms with van der Waals surface area (Å²) in [5, 5.41) is 52.1. The summed E-state index contributed by atoms with van der Waals surface area (Å²) in [6.07, 6.45) is 0.0556. The van der Waals surface area contributed by atoms with Crippen molar-refractivity contribution in [2.45, 2.75) is 67.3 Å². The van der Waals surface area contributed by atoms with Crippen molar-refractivity contribution >= 4 is 78.5 Å². The molecule has 0 atom stereocenters. The highest BCUT2D eigenvalue weighted by atomic mass is 19.1. The Balaban J connectivity index is 0.000000147. The Morgan fingerprint density at radius 3 is 1.38 bits per heavy atom. The molecule has 0 aliphatic heterocycles. The third kappa shape index (κ3) is 13.3. The number of anilines is 3. The maximum Gasteiger partial charge on any atom is 0.277 e. The number of halogens is 1. The molecule has 21 heteroatoms. The number of aromatic nitrogens is 6. The Bertz CT molecular complexity index is 5200. The standard InChI is InChI=1S/C27H24FN3O2.C25H19N5O3.C23H20N4O3/c1-4-31-25-15-22(33-17(2)3)13-14-23(25)24(16-29)26(31)18-7-11-21(12-8-18)30-27(32)19-5-9-20(28)10-6-19;1-3-30-23-11-9-18(32-2)13-19(23)20(14-26)24(30)15-4-7-17(8-5-15)27-25(31)16-6-10-21-22(12-16)29-33-28-21;1-4-27-21-10-9-17(29-3)12-18(21)19(13-24)22(27)15-5-7-16(8-6-15)25-23(28)20-11-14(2)30-26-20/h5-15,17H,4H2,1-3H3,(H,30,32);4-13H,3H2,1-2H3,(H,27,31);5-12H,4H2,1-3H3,(H,25,28). The third-order valence-electron chi connectivity index (χ3n) is 16.0. The van der Waals surface area contributed by atoms with Gasteiger partial charge in [-0.1, -0.05) is 41.6 Å². The van der Waals surface area contributed by atoms with E-state index in [1.807, 2.05) is 138 Å². The SMILES string of the molecule is CCn1c(-c2ccc(NC(=O)c3cc(C)on3)cc2)c(C#N)c2cc(OC)ccc21.CCn1c(-c2ccc(NC(=O)c3ccc(F)cc3)cc2)c(C#N)c2ccc(OC(C)C)cc21.CCn1c(-c2ccc(NC(=O)c3ccc4nonc4c3)cc2)c(C#N)c2cc(OC)ccc21. The molecule has 0 bridgehead atoms. The number of carbonyl (C=O) groups is 3. The minimum Gasteiger partial charge on any atom is -0.497 e. The van der Waals surface area contributed by atoms with Gasteiger partial charge < -0.3 is 48.4 Å². The molecule has 0 saturated heterocycles. The van der Waals surface area contributed by atoms with Gasteiger partial charge in [0.05, 0.1) is 70.6 Å². The highest BCUT2D eigenvalue weighted by Gasteiger charge is 2.23. The van der Waals surface area contributed by atoms with Crippen molar-refractivity contribution in [1.82, 2.24) is 29.2 Å². The topological polar surface area (TPSA) is 266 Å². The average molecular weight is 1280 g/mol. The minimum atomic E-state index is -0.390. The van der Waals surface area contributed by atoms with Crippen LogP contribution in [0.4, 0.5) is 21.5 Å². The van der Waals surface area contributed by atoms with Gasteiger partial charge in [-0.15, -0.1) is 0 Å². The smallest absolute Gasteiger partial charge is 0.277 e. The molecule has 3 N–H and O–H groups in total. The molecular weight excluding hydrogens is 1220 g/mol. The number of benzene rings is 8. The number of fused-ring (bicyclic) bond motifs is 4. The van der Waals surface area contributed by atoms with E-state index >= 15 is 0 Å². The van der Waals surface area contributed by atoms with Crippen molar-refractivity contribution in [2.24, 2.45) is 0 Å². The molecule has 0 fully saturated rings. The number of nitrogens with one attached hydrogen (secondary N) is 3. The van der Waals surface area contributed by atoms with Crippen LogP contribution in [0.5, 0.6) is 17.2 Å². The first-order valence-electron chi connectivity index (χ1n) is 30.7. The monoisotopic (exact) mass is 1280 g/mol. The van der Waals surface area contributed by atoms with Crippen LogP contribution in [0.1, 0.15) is 88.3 Å². The maximum atomic E-state index is 13.1. The van der Waals surface area contributed by atoms with E-state index in [2.05, 4.69) is 68.0 Å². The van der Waals surface area contributed by atoms with Gasteiger partial charge in [-0.05, 0) is 196 Å². The lowest BCUT2D eigenvalue weighted by Gasteiger charge is -2.12. The molecule has 13 aromatic rings. The molecule has 3 amide bonds. The van der Waals surface area contributed by atoms with Gasteiger partial charge in [-0.3, -0.25) is 14.4 Å². The predicted molar refractivity (Wildman–Crippen MR) is 365 cm³/mol. The van der Waals surface area contributed by atoms with Crippen molar-refractivity contribution in [1.29, 1.82) is 15.8 Å². The van der Waals surface area contributed by atoms with E-state index in [1.54, 1.807) is 69.7 Å². The van der Waals surface area contributed by atoms with Crippen molar-refractivity contribution in [2.75, 3.05) is 30.2 Å². The molecule has 0 unspecified atom stereocenters. The Morgan fingerprint density at radius 1 is 0.490 bits per heavy atom. The lowest BCUT2D eigenvalue weighted by molar-refractivity contribution is 0.101. The van der Waals surface area contributed by atoms with Crippen LogP contribution >= 0.6 is 0 Å². The second kappa shape index (κ2) is 28.4. The molecule has 8 aromatic carbocycles. The Labute approximate surface area is 550 Å². The number of methoxy groups -OCH3 is 2. The number of hydrogen-bond donors (Lipinski definition) is 3. The molecule has 20 nitrogen and oxygen atoms in total. The van der Waals surface area contributed by atoms with E-state index in [0.29, 0.717) is 92.8 Å². The number of nitriles is 3. The molecular formula is C75H63FN12O8. The fraction of sp³-hybridized carbons (Fsp3) is 0.160. The van der Waals surface area contributed by atoms with Crippen LogP contribution in [-0.2, 0) is 19.6 Å². The first-order chi connectivity index (χ1) is 46.6. The lowest BCUT2D eigenvalue weighted by Crippen LogP contribution is -2.12. The fourth-order valence-electron chi connectivity index (χ4n) is 11.6. The van der Waals surface area contributed by atoms with Crippen LogP contribution in [0.25, 0.3) is 77.5 Å². The van der Waals surface area contributed by atoms with Crippen LogP contribution in [0.3, 0.4) is 0 Å². The van der Waals surface area contributed by atoms with Crippen LogP contribution in [0.2, 0.25) is 0 Å². The average Bonchev–Trinajstić information content (AvgIpc) is 1.62. The van der Waals surface area contributed by atoms with E-state index in [-0.39, 0.29) is 29.5 Å². The van der Waals surface area contributed by atoms with E-state index in [9.17, 15) is 34.6 Å². The molecule has 0 aliphatic carbocycles. The van der Waals surface area contributed by atoms with Crippen LogP contribution < -0.4 is 30.2 Å². The zero-order valence-electron chi connectivity index (χ0n) is 53.6. The Morgan fingerprint density at radius 2 is 0.927 bits per heavy atom. The van der Waals surface area contributed by atoms with Gasteiger partial charge in [0.1, 0.15) is 58.1 Å². The summed E-state index contributed by atoms with van der Waals surface area (Å²) < 4.78 is 45.6. The largest absolute Gasteiger partial charge is 0.497 e. The number of amides is 3. The molecule has 0 radical (unpaired) electrons. The number of aryl methyl sites for hydroxylation is 4. The van der Waals surface area contributed by atoms with Gasteiger partial charge in [0, 0.05) is 76.1 Å². The minimum absolute atomic E-state index is 0.0556. The normalized spacial score (nSPS) is 10.9. The van der Waals surface area contributed by atoms with Crippen molar-refractivity contribution in [3.63, 3.8) is 0 Å². The summed E-state index contributed by atoms with van der Waals surface area (Å²) in [5.41, 5.74) is 13.9. The summed E-state index contributed by atoms with van der Waals surface area (Å²) in [6, 6.07) is 58.5. The summed E-state index contributed by atoms with van der Waals surface area (Å²) >= 11 is 0. The van der Waals surface area contributed by atoms with Gasteiger partial charge in [-0.2, -0.15) is 15.8 Å². The van der Waals surface area contributed by atoms with E-state index in [4.69, 9.17) is 18.7 Å². The molecule has 5 heterocycles. The van der Waals surface area contributed by atoms with Gasteiger partial charge in [0.15, 0.2) is 5.69 Å². The second-order valence-electron chi connectivity index (χ2n) is 22.2. The second-order valence-corrected chi connectivity index (χ2v) is 22.2. The quantitative estimate of drug-likeness (QED) is 0.0812. The molecule has 5 aromatic heterocycles. The van der Waals surface area contributed by atoms with Crippen molar-refractivity contribution in [3.8, 4) is 69.2 Å². The molecule has 0 spiro atoms. The predicted octanol–water partition coefficient (Wildman–Crippen LogP) is 16.1. The zero-order valence-corrected chi connectivity index (χ0v) is 53.6. The summed E-state index contributed by atoms with van der Waals surface area (Å²) in [7, 11) is 3.22. The number of rotatable bonds is 16. The van der Waals surface area contributed by atoms with Crippen molar-refractivity contribution < 1.29 is 42.1 Å². The Kier molecular flexibility index (Phi) is 19.1. The number of hydrogen-bond acceptors (Lipinski definition) is 14. The van der Waals surface area contributed by atoms with E-state index < -0.39 is 5.82 Å². The third-order valence-corrected chi connectivity index (χ3v) is 16.0.